The van der Waals surface area contributed by atoms with E-state index in [9.17, 15) is 4.79 Å². The van der Waals surface area contributed by atoms with Crippen molar-refractivity contribution in [3.8, 4) is 0 Å². The van der Waals surface area contributed by atoms with Gasteiger partial charge in [-0.25, -0.2) is 4.98 Å². The summed E-state index contributed by atoms with van der Waals surface area (Å²) in [5.74, 6) is 1.18. The standard InChI is InChI=1S/C19H25BrN4O/c20-14-8-9-16-17(11-14)23-19(22-16)24-10-4-5-13(12-24)18(25)21-15-6-2-1-3-7-15/h8-9,11,13,15H,1-7,10,12H2,(H,21,25)(H,22,23)/t13-/m0/s1. The number of benzene rings is 1. The van der Waals surface area contributed by atoms with Crippen molar-refractivity contribution in [3.05, 3.63) is 22.7 Å². The highest BCUT2D eigenvalue weighted by molar-refractivity contribution is 9.10. The number of aromatic amines is 1. The normalized spacial score (nSPS) is 22.3. The van der Waals surface area contributed by atoms with Gasteiger partial charge in [-0.2, -0.15) is 0 Å². The van der Waals surface area contributed by atoms with Gasteiger partial charge in [0.15, 0.2) is 0 Å². The second kappa shape index (κ2) is 7.36. The second-order valence-corrected chi connectivity index (χ2v) is 8.27. The fraction of sp³-hybridized carbons (Fsp3) is 0.579. The van der Waals surface area contributed by atoms with Gasteiger partial charge >= 0.3 is 0 Å². The van der Waals surface area contributed by atoms with E-state index < -0.39 is 0 Å². The molecule has 2 fully saturated rings. The summed E-state index contributed by atoms with van der Waals surface area (Å²) < 4.78 is 1.04. The van der Waals surface area contributed by atoms with E-state index in [1.807, 2.05) is 18.2 Å². The quantitative estimate of drug-likeness (QED) is 0.812. The Morgan fingerprint density at radius 1 is 1.20 bits per heavy atom. The van der Waals surface area contributed by atoms with Gasteiger partial charge in [0.25, 0.3) is 0 Å². The van der Waals surface area contributed by atoms with Crippen LogP contribution in [0.1, 0.15) is 44.9 Å². The number of anilines is 1. The molecule has 2 aliphatic rings. The van der Waals surface area contributed by atoms with Crippen LogP contribution in [0.2, 0.25) is 0 Å². The summed E-state index contributed by atoms with van der Waals surface area (Å²) in [6.07, 6.45) is 8.09. The van der Waals surface area contributed by atoms with Crippen molar-refractivity contribution in [2.45, 2.75) is 51.0 Å². The molecule has 4 rings (SSSR count). The number of aromatic nitrogens is 2. The first-order valence-corrected chi connectivity index (χ1v) is 10.2. The molecule has 2 N–H and O–H groups in total. The Morgan fingerprint density at radius 3 is 2.88 bits per heavy atom. The Kier molecular flexibility index (Phi) is 4.97. The van der Waals surface area contributed by atoms with E-state index in [1.54, 1.807) is 0 Å². The van der Waals surface area contributed by atoms with Crippen molar-refractivity contribution in [1.82, 2.24) is 15.3 Å². The van der Waals surface area contributed by atoms with E-state index in [4.69, 9.17) is 4.98 Å². The topological polar surface area (TPSA) is 61.0 Å². The molecule has 0 unspecified atom stereocenters. The molecule has 1 atom stereocenters. The van der Waals surface area contributed by atoms with Crippen LogP contribution in [0, 0.1) is 5.92 Å². The van der Waals surface area contributed by atoms with E-state index >= 15 is 0 Å². The molecule has 0 bridgehead atoms. The van der Waals surface area contributed by atoms with Crippen LogP contribution < -0.4 is 10.2 Å². The lowest BCUT2D eigenvalue weighted by Gasteiger charge is -2.33. The van der Waals surface area contributed by atoms with Crippen LogP contribution in [0.5, 0.6) is 0 Å². The van der Waals surface area contributed by atoms with E-state index in [0.717, 1.165) is 60.2 Å². The van der Waals surface area contributed by atoms with Crippen molar-refractivity contribution < 1.29 is 4.79 Å². The summed E-state index contributed by atoms with van der Waals surface area (Å²) in [7, 11) is 0. The molecule has 1 saturated carbocycles. The summed E-state index contributed by atoms with van der Waals surface area (Å²) in [5.41, 5.74) is 1.99. The zero-order chi connectivity index (χ0) is 17.2. The summed E-state index contributed by atoms with van der Waals surface area (Å²) in [6.45, 7) is 1.70. The van der Waals surface area contributed by atoms with Gasteiger partial charge in [-0.3, -0.25) is 4.79 Å². The third-order valence-electron chi connectivity index (χ3n) is 5.47. The number of H-pyrrole nitrogens is 1. The third-order valence-corrected chi connectivity index (χ3v) is 5.97. The lowest BCUT2D eigenvalue weighted by Crippen LogP contribution is -2.46. The number of nitrogens with one attached hydrogen (secondary N) is 2. The molecule has 2 aromatic rings. The van der Waals surface area contributed by atoms with Crippen molar-refractivity contribution in [2.75, 3.05) is 18.0 Å². The number of nitrogens with zero attached hydrogens (tertiary/aromatic N) is 2. The first-order chi connectivity index (χ1) is 12.2. The van der Waals surface area contributed by atoms with Gasteiger partial charge in [-0.15, -0.1) is 0 Å². The number of imidazole rings is 1. The maximum absolute atomic E-state index is 12.7. The molecule has 6 heteroatoms. The molecular weight excluding hydrogens is 380 g/mol. The highest BCUT2D eigenvalue weighted by Gasteiger charge is 2.29. The molecule has 0 spiro atoms. The summed E-state index contributed by atoms with van der Waals surface area (Å²) >= 11 is 3.50. The average molecular weight is 405 g/mol. The first kappa shape index (κ1) is 16.9. The zero-order valence-electron chi connectivity index (χ0n) is 14.4. The first-order valence-electron chi connectivity index (χ1n) is 9.39. The monoisotopic (exact) mass is 404 g/mol. The molecule has 1 aromatic heterocycles. The minimum absolute atomic E-state index is 0.0654. The number of amides is 1. The number of piperidine rings is 1. The van der Waals surface area contributed by atoms with Gasteiger partial charge in [0.2, 0.25) is 11.9 Å². The molecule has 1 amide bonds. The fourth-order valence-electron chi connectivity index (χ4n) is 4.07. The minimum atomic E-state index is 0.0654. The molecule has 2 heterocycles. The Labute approximate surface area is 156 Å². The molecule has 134 valence electrons. The molecule has 25 heavy (non-hydrogen) atoms. The smallest absolute Gasteiger partial charge is 0.225 e. The zero-order valence-corrected chi connectivity index (χ0v) is 16.0. The third kappa shape index (κ3) is 3.84. The minimum Gasteiger partial charge on any atom is -0.353 e. The lowest BCUT2D eigenvalue weighted by molar-refractivity contribution is -0.126. The van der Waals surface area contributed by atoms with Gasteiger partial charge in [-0.1, -0.05) is 35.2 Å². The van der Waals surface area contributed by atoms with Crippen LogP contribution in [0.15, 0.2) is 22.7 Å². The van der Waals surface area contributed by atoms with Crippen LogP contribution in [0.25, 0.3) is 11.0 Å². The molecule has 1 aliphatic carbocycles. The second-order valence-electron chi connectivity index (χ2n) is 7.35. The maximum atomic E-state index is 12.7. The van der Waals surface area contributed by atoms with Crippen LogP contribution >= 0.6 is 15.9 Å². The largest absolute Gasteiger partial charge is 0.353 e. The van der Waals surface area contributed by atoms with Crippen molar-refractivity contribution in [3.63, 3.8) is 0 Å². The molecule has 0 radical (unpaired) electrons. The van der Waals surface area contributed by atoms with Gasteiger partial charge in [-0.05, 0) is 43.9 Å². The van der Waals surface area contributed by atoms with Crippen LogP contribution in [0.3, 0.4) is 0 Å². The van der Waals surface area contributed by atoms with Crippen molar-refractivity contribution in [2.24, 2.45) is 5.92 Å². The molecular formula is C19H25BrN4O. The summed E-state index contributed by atoms with van der Waals surface area (Å²) in [5, 5.41) is 3.29. The van der Waals surface area contributed by atoms with Crippen molar-refractivity contribution >= 4 is 38.8 Å². The molecule has 1 saturated heterocycles. The summed E-state index contributed by atoms with van der Waals surface area (Å²) in [6, 6.07) is 6.45. The number of halogens is 1. The van der Waals surface area contributed by atoms with Gasteiger partial charge in [0, 0.05) is 23.6 Å². The highest BCUT2D eigenvalue weighted by atomic mass is 79.9. The Hall–Kier alpha value is -1.56. The fourth-order valence-corrected chi connectivity index (χ4v) is 4.43. The van der Waals surface area contributed by atoms with Crippen LogP contribution in [-0.2, 0) is 4.79 Å². The van der Waals surface area contributed by atoms with E-state index in [-0.39, 0.29) is 11.8 Å². The average Bonchev–Trinajstić information content (AvgIpc) is 3.06. The number of hydrogen-bond donors (Lipinski definition) is 2. The van der Waals surface area contributed by atoms with E-state index in [0.29, 0.717) is 6.04 Å². The van der Waals surface area contributed by atoms with E-state index in [1.165, 1.54) is 19.3 Å². The number of fused-ring (bicyclic) bond motifs is 1. The SMILES string of the molecule is O=C(NC1CCCCC1)[C@H]1CCCN(c2nc3ccc(Br)cc3[nH]2)C1. The summed E-state index contributed by atoms with van der Waals surface area (Å²) in [4.78, 5) is 23.0. The van der Waals surface area contributed by atoms with Crippen LogP contribution in [-0.4, -0.2) is 35.0 Å². The maximum Gasteiger partial charge on any atom is 0.225 e. The lowest BCUT2D eigenvalue weighted by atomic mass is 9.93. The van der Waals surface area contributed by atoms with Gasteiger partial charge < -0.3 is 15.2 Å². The van der Waals surface area contributed by atoms with Gasteiger partial charge in [0.05, 0.1) is 17.0 Å². The van der Waals surface area contributed by atoms with Crippen LogP contribution in [0.4, 0.5) is 5.95 Å². The van der Waals surface area contributed by atoms with Crippen molar-refractivity contribution in [1.29, 1.82) is 0 Å². The Morgan fingerprint density at radius 2 is 2.04 bits per heavy atom. The highest BCUT2D eigenvalue weighted by Crippen LogP contribution is 2.26. The number of rotatable bonds is 3. The number of hydrogen-bond acceptors (Lipinski definition) is 3. The molecule has 1 aliphatic heterocycles. The predicted octanol–water partition coefficient (Wildman–Crippen LogP) is 3.99. The van der Waals surface area contributed by atoms with E-state index in [2.05, 4.69) is 31.1 Å². The number of carbonyl (C=O) groups excluding carboxylic acids is 1. The molecule has 1 aromatic carbocycles. The predicted molar refractivity (Wildman–Crippen MR) is 104 cm³/mol. The Balaban J connectivity index is 1.43. The number of carbonyl (C=O) groups is 1. The van der Waals surface area contributed by atoms with Gasteiger partial charge in [0.1, 0.15) is 0 Å². The molecule has 5 nitrogen and oxygen atoms in total. The Bertz CT molecular complexity index is 753.